The molecule has 1 aliphatic heterocycles. The molecule has 0 aromatic heterocycles. The molecule has 3 N–H and O–H groups in total. The highest BCUT2D eigenvalue weighted by Gasteiger charge is 2.15. The van der Waals surface area contributed by atoms with Gasteiger partial charge in [0.2, 0.25) is 5.91 Å². The monoisotopic (exact) mass is 359 g/mol. The van der Waals surface area contributed by atoms with E-state index in [9.17, 15) is 9.59 Å². The normalized spacial score (nSPS) is 16.5. The van der Waals surface area contributed by atoms with Crippen molar-refractivity contribution < 1.29 is 9.59 Å². The van der Waals surface area contributed by atoms with Crippen LogP contribution in [0.1, 0.15) is 29.6 Å². The Kier molecular flexibility index (Phi) is 8.99. The summed E-state index contributed by atoms with van der Waals surface area (Å²) in [6, 6.07) is 6.89. The number of hydrogen-bond acceptors (Lipinski definition) is 3. The summed E-state index contributed by atoms with van der Waals surface area (Å²) in [6.07, 6.45) is 2.62. The van der Waals surface area contributed by atoms with Gasteiger partial charge in [0.1, 0.15) is 0 Å². The zero-order valence-corrected chi connectivity index (χ0v) is 14.5. The first-order valence-corrected chi connectivity index (χ1v) is 8.05. The van der Waals surface area contributed by atoms with E-state index in [-0.39, 0.29) is 24.2 Å². The molecule has 1 fully saturated rings. The lowest BCUT2D eigenvalue weighted by atomic mass is 10.0. The number of rotatable bonds is 7. The van der Waals surface area contributed by atoms with Gasteiger partial charge in [-0.25, -0.2) is 0 Å². The summed E-state index contributed by atoms with van der Waals surface area (Å²) in [7, 11) is 0. The molecule has 0 aliphatic carbocycles. The van der Waals surface area contributed by atoms with Gasteiger partial charge < -0.3 is 16.0 Å². The standard InChI is InChI=1S/C16H22ClN3O2.ClH/c17-14-4-2-1-3-13(14)16(22)20-10-9-19-15(21)6-5-12-7-8-18-11-12;/h1-4,12,18H,5-11H2,(H,19,21)(H,20,22);1H. The summed E-state index contributed by atoms with van der Waals surface area (Å²) in [5.74, 6) is 0.432. The van der Waals surface area contributed by atoms with E-state index in [1.54, 1.807) is 24.3 Å². The fourth-order valence-corrected chi connectivity index (χ4v) is 2.72. The van der Waals surface area contributed by atoms with Crippen molar-refractivity contribution in [2.45, 2.75) is 19.3 Å². The molecule has 128 valence electrons. The Labute approximate surface area is 148 Å². The van der Waals surface area contributed by atoms with Crippen LogP contribution in [-0.2, 0) is 4.79 Å². The van der Waals surface area contributed by atoms with E-state index >= 15 is 0 Å². The third kappa shape index (κ3) is 6.77. The highest BCUT2D eigenvalue weighted by molar-refractivity contribution is 6.33. The predicted molar refractivity (Wildman–Crippen MR) is 94.3 cm³/mol. The SMILES string of the molecule is Cl.O=C(CCC1CCNC1)NCCNC(=O)c1ccccc1Cl. The van der Waals surface area contributed by atoms with Gasteiger partial charge in [0.15, 0.2) is 0 Å². The van der Waals surface area contributed by atoms with Crippen LogP contribution in [0, 0.1) is 5.92 Å². The van der Waals surface area contributed by atoms with Crippen LogP contribution in [0.5, 0.6) is 0 Å². The molecule has 1 heterocycles. The lowest BCUT2D eigenvalue weighted by Gasteiger charge is -2.10. The van der Waals surface area contributed by atoms with E-state index in [1.807, 2.05) is 0 Å². The number of nitrogens with one attached hydrogen (secondary N) is 3. The quantitative estimate of drug-likeness (QED) is 0.652. The van der Waals surface area contributed by atoms with Crippen molar-refractivity contribution in [3.8, 4) is 0 Å². The van der Waals surface area contributed by atoms with E-state index in [0.717, 1.165) is 25.9 Å². The first kappa shape index (κ1) is 19.7. The second-order valence-corrected chi connectivity index (χ2v) is 5.89. The Morgan fingerprint density at radius 2 is 1.96 bits per heavy atom. The van der Waals surface area contributed by atoms with Gasteiger partial charge in [0.05, 0.1) is 10.6 Å². The maximum atomic E-state index is 11.9. The van der Waals surface area contributed by atoms with Gasteiger partial charge in [0, 0.05) is 19.5 Å². The van der Waals surface area contributed by atoms with Crippen molar-refractivity contribution in [1.29, 1.82) is 0 Å². The van der Waals surface area contributed by atoms with Gasteiger partial charge in [-0.15, -0.1) is 12.4 Å². The molecular formula is C16H23Cl2N3O2. The molecule has 1 aromatic rings. The molecule has 1 aromatic carbocycles. The molecule has 23 heavy (non-hydrogen) atoms. The molecule has 0 radical (unpaired) electrons. The van der Waals surface area contributed by atoms with Crippen LogP contribution in [0.4, 0.5) is 0 Å². The molecule has 2 rings (SSSR count). The Balaban J connectivity index is 0.00000264. The Hall–Kier alpha value is -1.30. The zero-order valence-electron chi connectivity index (χ0n) is 12.9. The fraction of sp³-hybridized carbons (Fsp3) is 0.500. The van der Waals surface area contributed by atoms with Crippen molar-refractivity contribution in [3.63, 3.8) is 0 Å². The highest BCUT2D eigenvalue weighted by Crippen LogP contribution is 2.14. The smallest absolute Gasteiger partial charge is 0.252 e. The summed E-state index contributed by atoms with van der Waals surface area (Å²) in [4.78, 5) is 23.6. The van der Waals surface area contributed by atoms with Crippen molar-refractivity contribution >= 4 is 35.8 Å². The molecule has 1 aliphatic rings. The minimum absolute atomic E-state index is 0. The maximum Gasteiger partial charge on any atom is 0.252 e. The largest absolute Gasteiger partial charge is 0.354 e. The van der Waals surface area contributed by atoms with Crippen molar-refractivity contribution in [2.75, 3.05) is 26.2 Å². The number of carbonyl (C=O) groups is 2. The highest BCUT2D eigenvalue weighted by atomic mass is 35.5. The van der Waals surface area contributed by atoms with E-state index < -0.39 is 0 Å². The fourth-order valence-electron chi connectivity index (χ4n) is 2.50. The average molecular weight is 360 g/mol. The van der Waals surface area contributed by atoms with Crippen LogP contribution in [0.3, 0.4) is 0 Å². The predicted octanol–water partition coefficient (Wildman–Crippen LogP) is 2.00. The van der Waals surface area contributed by atoms with Gasteiger partial charge in [0.25, 0.3) is 5.91 Å². The lowest BCUT2D eigenvalue weighted by molar-refractivity contribution is -0.121. The van der Waals surface area contributed by atoms with Crippen LogP contribution in [-0.4, -0.2) is 38.0 Å². The maximum absolute atomic E-state index is 11.9. The molecule has 0 spiro atoms. The molecule has 5 nitrogen and oxygen atoms in total. The van der Waals surface area contributed by atoms with Gasteiger partial charge in [-0.05, 0) is 44.0 Å². The Morgan fingerprint density at radius 3 is 2.65 bits per heavy atom. The lowest BCUT2D eigenvalue weighted by Crippen LogP contribution is -2.34. The number of carbonyl (C=O) groups excluding carboxylic acids is 2. The first-order chi connectivity index (χ1) is 10.7. The second-order valence-electron chi connectivity index (χ2n) is 5.48. The molecular weight excluding hydrogens is 337 g/mol. The van der Waals surface area contributed by atoms with Crippen LogP contribution < -0.4 is 16.0 Å². The number of halogens is 2. The minimum Gasteiger partial charge on any atom is -0.354 e. The summed E-state index contributed by atoms with van der Waals surface area (Å²) >= 11 is 5.95. The topological polar surface area (TPSA) is 70.2 Å². The van der Waals surface area contributed by atoms with Crippen molar-refractivity contribution in [2.24, 2.45) is 5.92 Å². The van der Waals surface area contributed by atoms with Gasteiger partial charge >= 0.3 is 0 Å². The van der Waals surface area contributed by atoms with Gasteiger partial charge in [-0.2, -0.15) is 0 Å². The third-order valence-corrected chi connectivity index (χ3v) is 4.12. The minimum atomic E-state index is -0.225. The summed E-state index contributed by atoms with van der Waals surface area (Å²) in [5, 5.41) is 9.28. The Morgan fingerprint density at radius 1 is 1.22 bits per heavy atom. The zero-order chi connectivity index (χ0) is 15.8. The average Bonchev–Trinajstić information content (AvgIpc) is 3.03. The third-order valence-electron chi connectivity index (χ3n) is 3.79. The molecule has 1 unspecified atom stereocenters. The van der Waals surface area contributed by atoms with Crippen LogP contribution >= 0.6 is 24.0 Å². The van der Waals surface area contributed by atoms with Crippen molar-refractivity contribution in [3.05, 3.63) is 34.9 Å². The Bertz CT molecular complexity index is 520. The summed E-state index contributed by atoms with van der Waals surface area (Å²) < 4.78 is 0. The van der Waals surface area contributed by atoms with Crippen molar-refractivity contribution in [1.82, 2.24) is 16.0 Å². The molecule has 2 amide bonds. The summed E-state index contributed by atoms with van der Waals surface area (Å²) in [6.45, 7) is 2.89. The van der Waals surface area contributed by atoms with Gasteiger partial charge in [-0.3, -0.25) is 9.59 Å². The van der Waals surface area contributed by atoms with Gasteiger partial charge in [-0.1, -0.05) is 23.7 Å². The number of benzene rings is 1. The molecule has 0 saturated carbocycles. The molecule has 7 heteroatoms. The van der Waals surface area contributed by atoms with E-state index in [2.05, 4.69) is 16.0 Å². The van der Waals surface area contributed by atoms with E-state index in [4.69, 9.17) is 11.6 Å². The van der Waals surface area contributed by atoms with Crippen LogP contribution in [0.2, 0.25) is 5.02 Å². The van der Waals surface area contributed by atoms with Crippen LogP contribution in [0.15, 0.2) is 24.3 Å². The molecule has 1 atom stereocenters. The summed E-state index contributed by atoms with van der Waals surface area (Å²) in [5.41, 5.74) is 0.448. The van der Waals surface area contributed by atoms with Crippen LogP contribution in [0.25, 0.3) is 0 Å². The molecule has 0 bridgehead atoms. The second kappa shape index (κ2) is 10.5. The number of hydrogen-bond donors (Lipinski definition) is 3. The number of amides is 2. The molecule has 1 saturated heterocycles. The van der Waals surface area contributed by atoms with E-state index in [1.165, 1.54) is 0 Å². The van der Waals surface area contributed by atoms with E-state index in [0.29, 0.717) is 36.0 Å². The first-order valence-electron chi connectivity index (χ1n) is 7.67.